The summed E-state index contributed by atoms with van der Waals surface area (Å²) >= 11 is 0. The molecule has 2 nitrogen and oxygen atoms in total. The van der Waals surface area contributed by atoms with Gasteiger partial charge >= 0.3 is 0 Å². The largest absolute Gasteiger partial charge is 0.507 e. The molecule has 30 heavy (non-hydrogen) atoms. The number of benzene rings is 2. The van der Waals surface area contributed by atoms with Crippen LogP contribution in [-0.4, -0.2) is 10.7 Å². The maximum atomic E-state index is 10.6. The van der Waals surface area contributed by atoms with Crippen LogP contribution in [0.25, 0.3) is 10.8 Å². The van der Waals surface area contributed by atoms with Gasteiger partial charge in [0.1, 0.15) is 17.1 Å². The fourth-order valence-electron chi connectivity index (χ4n) is 5.27. The Kier molecular flexibility index (Phi) is 7.71. The van der Waals surface area contributed by atoms with Gasteiger partial charge in [0.05, 0.1) is 0 Å². The van der Waals surface area contributed by atoms with Gasteiger partial charge in [0.25, 0.3) is 0 Å². The second kappa shape index (κ2) is 10.1. The first-order valence-electron chi connectivity index (χ1n) is 12.3. The van der Waals surface area contributed by atoms with Gasteiger partial charge in [-0.3, -0.25) is 0 Å². The molecule has 1 aliphatic heterocycles. The van der Waals surface area contributed by atoms with Crippen molar-refractivity contribution in [3.63, 3.8) is 0 Å². The highest BCUT2D eigenvalue weighted by molar-refractivity contribution is 5.95. The van der Waals surface area contributed by atoms with Crippen molar-refractivity contribution in [1.82, 2.24) is 0 Å². The number of hydrogen-bond acceptors (Lipinski definition) is 2. The summed E-state index contributed by atoms with van der Waals surface area (Å²) in [5.74, 6) is 3.11. The fraction of sp³-hybridized carbons (Fsp3) is 0.643. The molecule has 0 aliphatic carbocycles. The Morgan fingerprint density at radius 2 is 1.63 bits per heavy atom. The van der Waals surface area contributed by atoms with E-state index < -0.39 is 0 Å². The lowest BCUT2D eigenvalue weighted by Gasteiger charge is -2.37. The van der Waals surface area contributed by atoms with Gasteiger partial charge in [0, 0.05) is 16.3 Å². The summed E-state index contributed by atoms with van der Waals surface area (Å²) in [4.78, 5) is 0. The van der Waals surface area contributed by atoms with E-state index in [1.54, 1.807) is 0 Å². The van der Waals surface area contributed by atoms with Crippen molar-refractivity contribution in [1.29, 1.82) is 0 Å². The number of rotatable bonds is 10. The summed E-state index contributed by atoms with van der Waals surface area (Å²) in [5.41, 5.74) is 2.07. The van der Waals surface area contributed by atoms with Crippen molar-refractivity contribution < 1.29 is 9.84 Å². The Morgan fingerprint density at radius 1 is 1.00 bits per heavy atom. The molecule has 3 atom stereocenters. The van der Waals surface area contributed by atoms with E-state index in [1.165, 1.54) is 50.5 Å². The van der Waals surface area contributed by atoms with Crippen LogP contribution in [-0.2, 0) is 6.42 Å². The van der Waals surface area contributed by atoms with Crippen molar-refractivity contribution >= 4 is 10.8 Å². The van der Waals surface area contributed by atoms with Gasteiger partial charge in [-0.25, -0.2) is 0 Å². The summed E-state index contributed by atoms with van der Waals surface area (Å²) < 4.78 is 6.68. The Morgan fingerprint density at radius 3 is 2.33 bits per heavy atom. The van der Waals surface area contributed by atoms with Crippen LogP contribution in [0.2, 0.25) is 0 Å². The zero-order valence-electron chi connectivity index (χ0n) is 19.9. The lowest BCUT2D eigenvalue weighted by molar-refractivity contribution is 0.0540. The molecule has 2 heteroatoms. The maximum Gasteiger partial charge on any atom is 0.131 e. The molecule has 0 radical (unpaired) electrons. The first kappa shape index (κ1) is 23.0. The Labute approximate surface area is 184 Å². The molecule has 1 aliphatic rings. The molecule has 3 rings (SSSR count). The number of aromatic hydroxyl groups is 1. The molecule has 1 N–H and O–H groups in total. The first-order chi connectivity index (χ1) is 14.3. The molecule has 3 unspecified atom stereocenters. The van der Waals surface area contributed by atoms with Crippen molar-refractivity contribution in [3.05, 3.63) is 35.4 Å². The van der Waals surface area contributed by atoms with Gasteiger partial charge in [-0.05, 0) is 56.9 Å². The van der Waals surface area contributed by atoms with E-state index in [2.05, 4.69) is 33.8 Å². The summed E-state index contributed by atoms with van der Waals surface area (Å²) in [7, 11) is 0. The monoisotopic (exact) mass is 410 g/mol. The molecule has 0 saturated heterocycles. The van der Waals surface area contributed by atoms with Crippen LogP contribution < -0.4 is 4.74 Å². The molecule has 2 aromatic carbocycles. The number of phenolic OH excluding ortho intramolecular Hbond substituents is 1. The summed E-state index contributed by atoms with van der Waals surface area (Å²) in [6.45, 7) is 11.4. The second-order valence-electron chi connectivity index (χ2n) is 10.2. The maximum absolute atomic E-state index is 10.6. The Bertz CT molecular complexity index is 840. The molecule has 0 aromatic heterocycles. The van der Waals surface area contributed by atoms with Crippen LogP contribution in [0.15, 0.2) is 24.3 Å². The summed E-state index contributed by atoms with van der Waals surface area (Å²) in [6, 6.07) is 8.10. The highest BCUT2D eigenvalue weighted by Crippen LogP contribution is 2.46. The number of fused-ring (bicyclic) bond motifs is 3. The minimum Gasteiger partial charge on any atom is -0.507 e. The van der Waals surface area contributed by atoms with E-state index in [9.17, 15) is 5.11 Å². The quantitative estimate of drug-likeness (QED) is 0.426. The highest BCUT2D eigenvalue weighted by atomic mass is 16.5. The number of ether oxygens (including phenoxy) is 1. The molecule has 1 heterocycles. The van der Waals surface area contributed by atoms with E-state index in [1.807, 2.05) is 25.1 Å². The van der Waals surface area contributed by atoms with Crippen LogP contribution in [0.5, 0.6) is 11.5 Å². The van der Waals surface area contributed by atoms with E-state index in [0.717, 1.165) is 53.2 Å². The van der Waals surface area contributed by atoms with Gasteiger partial charge in [0.15, 0.2) is 0 Å². The van der Waals surface area contributed by atoms with Crippen molar-refractivity contribution in [3.8, 4) is 11.5 Å². The van der Waals surface area contributed by atoms with Crippen molar-refractivity contribution in [2.24, 2.45) is 11.8 Å². The Balaban J connectivity index is 1.57. The smallest absolute Gasteiger partial charge is 0.131 e. The molecule has 0 fully saturated rings. The highest BCUT2D eigenvalue weighted by Gasteiger charge is 2.34. The number of hydrogen-bond donors (Lipinski definition) is 1. The number of phenols is 1. The first-order valence-corrected chi connectivity index (χ1v) is 12.3. The SMILES string of the molecule is CCCC(C)CCCC(C)CCCC1(C)CCc2c(C)c(O)c3ccccc3c2O1. The average Bonchev–Trinajstić information content (AvgIpc) is 2.72. The average molecular weight is 411 g/mol. The minimum atomic E-state index is -0.103. The van der Waals surface area contributed by atoms with Crippen LogP contribution in [0.1, 0.15) is 96.6 Å². The van der Waals surface area contributed by atoms with E-state index in [0.29, 0.717) is 5.75 Å². The Hall–Kier alpha value is -1.70. The van der Waals surface area contributed by atoms with Crippen LogP contribution in [0.4, 0.5) is 0 Å². The molecule has 0 amide bonds. The van der Waals surface area contributed by atoms with Crippen LogP contribution in [0, 0.1) is 18.8 Å². The van der Waals surface area contributed by atoms with Gasteiger partial charge in [-0.1, -0.05) is 83.6 Å². The summed E-state index contributed by atoms with van der Waals surface area (Å²) in [5, 5.41) is 12.6. The van der Waals surface area contributed by atoms with Gasteiger partial charge < -0.3 is 9.84 Å². The van der Waals surface area contributed by atoms with Gasteiger partial charge in [0.2, 0.25) is 0 Å². The van der Waals surface area contributed by atoms with E-state index in [4.69, 9.17) is 4.74 Å². The van der Waals surface area contributed by atoms with Gasteiger partial charge in [-0.15, -0.1) is 0 Å². The molecule has 0 saturated carbocycles. The lowest BCUT2D eigenvalue weighted by Crippen LogP contribution is -2.36. The standard InChI is InChI=1S/C28H42O2/c1-6-11-20(2)12-9-13-21(3)14-10-18-28(5)19-17-23-22(4)26(29)24-15-7-8-16-25(24)27(23)30-28/h7-8,15-16,20-21,29H,6,9-14,17-19H2,1-5H3. The zero-order valence-corrected chi connectivity index (χ0v) is 19.9. The topological polar surface area (TPSA) is 29.5 Å². The third-order valence-electron chi connectivity index (χ3n) is 7.34. The van der Waals surface area contributed by atoms with E-state index >= 15 is 0 Å². The second-order valence-corrected chi connectivity index (χ2v) is 10.2. The normalized spacial score (nSPS) is 20.6. The molecule has 166 valence electrons. The van der Waals surface area contributed by atoms with E-state index in [-0.39, 0.29) is 5.60 Å². The third-order valence-corrected chi connectivity index (χ3v) is 7.34. The fourth-order valence-corrected chi connectivity index (χ4v) is 5.27. The lowest BCUT2D eigenvalue weighted by atomic mass is 9.84. The molecule has 2 aromatic rings. The summed E-state index contributed by atoms with van der Waals surface area (Å²) in [6.07, 6.45) is 12.4. The molecular weight excluding hydrogens is 368 g/mol. The third kappa shape index (κ3) is 5.31. The predicted molar refractivity (Wildman–Crippen MR) is 129 cm³/mol. The minimum absolute atomic E-state index is 0.103. The predicted octanol–water partition coefficient (Wildman–Crippen LogP) is 8.35. The molecular formula is C28H42O2. The van der Waals surface area contributed by atoms with Crippen molar-refractivity contribution in [2.45, 2.75) is 104 Å². The van der Waals surface area contributed by atoms with Gasteiger partial charge in [-0.2, -0.15) is 0 Å². The molecule has 0 spiro atoms. The van der Waals surface area contributed by atoms with Crippen molar-refractivity contribution in [2.75, 3.05) is 0 Å². The van der Waals surface area contributed by atoms with Crippen LogP contribution >= 0.6 is 0 Å². The van der Waals surface area contributed by atoms with Crippen LogP contribution in [0.3, 0.4) is 0 Å². The molecule has 0 bridgehead atoms. The zero-order chi connectivity index (χ0) is 21.7.